The SMILES string of the molecule is c1ccc2c(c1)c1c(c3ccccc32)C2=NC3=c4c(c5ccccc5c5ccccc45)=C(C3)N=C3N=C(N=c4[nH]c(c5c6ccccc6c6ccccc6c45)=NC1=N2)c1c3c2ccccc2c2ccccc12. The van der Waals surface area contributed by atoms with Gasteiger partial charge in [0.25, 0.3) is 0 Å². The number of hydrogen-bond acceptors (Lipinski definition) is 6. The van der Waals surface area contributed by atoms with Crippen molar-refractivity contribution in [1.82, 2.24) is 4.98 Å². The number of nitrogens with zero attached hydrogens (tertiary/aromatic N) is 6. The molecule has 1 N–H and O–H groups in total. The van der Waals surface area contributed by atoms with E-state index < -0.39 is 0 Å². The maximum Gasteiger partial charge on any atom is 0.165 e. The van der Waals surface area contributed by atoms with Gasteiger partial charge in [0.1, 0.15) is 11.0 Å². The average Bonchev–Trinajstić information content (AvgIpc) is 4.20. The fourth-order valence-electron chi connectivity index (χ4n) is 12.7. The van der Waals surface area contributed by atoms with Gasteiger partial charge in [-0.15, -0.1) is 0 Å². The topological polar surface area (TPSA) is 89.9 Å². The molecular weight excluding hydrogens is 879 g/mol. The number of aromatic nitrogens is 1. The summed E-state index contributed by atoms with van der Waals surface area (Å²) in [7, 11) is 0. The number of aliphatic imine (C=N–C) groups is 4. The predicted octanol–water partition coefficient (Wildman–Crippen LogP) is 12.4. The standard InChI is InChI=1S/C65H35N7/c1-9-25-42-34(17-1)35-18-2-10-26-43(35)53-51-33-50(52(42)53)66-60-54-44-27-11-3-19-36(44)38-21-5-13-29-46(38)56(54)62(68-60)70-64-58-48-31-15-7-23-40(48)41-24-8-16-32-49(41)59(58)65(72-64)71-63-57-47-30-14-6-22-39(47)37-20-4-12-28-45(37)55(57)61(67-51)69-63/h1-32H,33H2,(H,66,67,68,69,70,71,72). The van der Waals surface area contributed by atoms with Gasteiger partial charge in [0, 0.05) is 49.9 Å². The molecule has 12 aromatic carbocycles. The fourth-order valence-corrected chi connectivity index (χ4v) is 12.7. The van der Waals surface area contributed by atoms with Gasteiger partial charge in [0.15, 0.2) is 23.3 Å². The number of hydrogen-bond donors (Lipinski definition) is 1. The molecule has 3 aliphatic heterocycles. The monoisotopic (exact) mass is 913 g/mol. The second-order valence-electron chi connectivity index (χ2n) is 19.2. The van der Waals surface area contributed by atoms with Crippen LogP contribution in [0.15, 0.2) is 224 Å². The number of nitrogens with one attached hydrogen (secondary N) is 1. The van der Waals surface area contributed by atoms with Gasteiger partial charge in [-0.2, -0.15) is 0 Å². The van der Waals surface area contributed by atoms with Crippen LogP contribution >= 0.6 is 0 Å². The summed E-state index contributed by atoms with van der Waals surface area (Å²) in [6, 6.07) is 69.3. The second kappa shape index (κ2) is 14.0. The summed E-state index contributed by atoms with van der Waals surface area (Å²) < 4.78 is 0. The van der Waals surface area contributed by atoms with E-state index in [4.69, 9.17) is 30.0 Å². The molecule has 17 rings (SSSR count). The first-order valence-electron chi connectivity index (χ1n) is 24.5. The molecule has 72 heavy (non-hydrogen) atoms. The van der Waals surface area contributed by atoms with E-state index in [2.05, 4.69) is 199 Å². The molecule has 1 aromatic heterocycles. The summed E-state index contributed by atoms with van der Waals surface area (Å²) in [6.45, 7) is 0. The van der Waals surface area contributed by atoms with Crippen molar-refractivity contribution in [3.8, 4) is 0 Å². The molecule has 0 unspecified atom stereocenters. The smallest absolute Gasteiger partial charge is 0.165 e. The van der Waals surface area contributed by atoms with Crippen molar-refractivity contribution in [2.24, 2.45) is 30.0 Å². The minimum absolute atomic E-state index is 0.464. The van der Waals surface area contributed by atoms with Crippen LogP contribution in [0.5, 0.6) is 0 Å². The highest BCUT2D eigenvalue weighted by molar-refractivity contribution is 6.37. The van der Waals surface area contributed by atoms with Gasteiger partial charge in [-0.05, 0) is 86.2 Å². The molecule has 0 atom stereocenters. The summed E-state index contributed by atoms with van der Waals surface area (Å²) in [5, 5.41) is 22.0. The molecule has 330 valence electrons. The Morgan fingerprint density at radius 1 is 0.236 bits per heavy atom. The van der Waals surface area contributed by atoms with Crippen LogP contribution in [0.2, 0.25) is 0 Å². The summed E-state index contributed by atoms with van der Waals surface area (Å²) in [4.78, 5) is 38.2. The molecule has 0 radical (unpaired) electrons. The fraction of sp³-hybridized carbons (Fsp3) is 0.0154. The summed E-state index contributed by atoms with van der Waals surface area (Å²) in [5.41, 5.74) is 7.01. The zero-order valence-electron chi connectivity index (χ0n) is 38.4. The molecule has 0 saturated heterocycles. The molecule has 1 aliphatic carbocycles. The summed E-state index contributed by atoms with van der Waals surface area (Å²) in [5.74, 6) is 2.45. The van der Waals surface area contributed by atoms with Crippen LogP contribution in [0.4, 0.5) is 0 Å². The van der Waals surface area contributed by atoms with E-state index in [1.54, 1.807) is 0 Å². The Morgan fingerprint density at radius 2 is 0.472 bits per heavy atom. The highest BCUT2D eigenvalue weighted by atomic mass is 15.1. The minimum atomic E-state index is 0.464. The number of amidine groups is 4. The zero-order valence-corrected chi connectivity index (χ0v) is 38.4. The number of H-pyrrole nitrogens is 1. The number of aromatic amines is 1. The Bertz CT molecular complexity index is 4860. The maximum absolute atomic E-state index is 5.82. The number of benzene rings is 12. The first kappa shape index (κ1) is 38.2. The first-order chi connectivity index (χ1) is 35.7. The molecule has 0 saturated carbocycles. The average molecular weight is 914 g/mol. The molecule has 0 amide bonds. The third-order valence-corrected chi connectivity index (χ3v) is 15.6. The Hall–Kier alpha value is -9.72. The van der Waals surface area contributed by atoms with Crippen LogP contribution in [0.3, 0.4) is 0 Å². The Morgan fingerprint density at radius 3 is 0.792 bits per heavy atom. The van der Waals surface area contributed by atoms with Gasteiger partial charge >= 0.3 is 0 Å². The van der Waals surface area contributed by atoms with Gasteiger partial charge in [0.2, 0.25) is 0 Å². The van der Waals surface area contributed by atoms with Crippen molar-refractivity contribution < 1.29 is 0 Å². The van der Waals surface area contributed by atoms with Crippen molar-refractivity contribution in [3.05, 3.63) is 238 Å². The predicted molar refractivity (Wildman–Crippen MR) is 297 cm³/mol. The molecule has 7 heteroatoms. The van der Waals surface area contributed by atoms with E-state index in [0.29, 0.717) is 40.7 Å². The Labute approximate surface area is 408 Å². The number of fused-ring (bicyclic) bond motifs is 36. The zero-order chi connectivity index (χ0) is 46.8. The van der Waals surface area contributed by atoms with Crippen LogP contribution in [-0.4, -0.2) is 28.3 Å². The van der Waals surface area contributed by atoms with Gasteiger partial charge in [-0.25, -0.2) is 30.0 Å². The maximum atomic E-state index is 5.82. The molecule has 0 spiro atoms. The van der Waals surface area contributed by atoms with Crippen LogP contribution in [0.25, 0.3) is 108 Å². The lowest BCUT2D eigenvalue weighted by Crippen LogP contribution is -2.26. The highest BCUT2D eigenvalue weighted by Crippen LogP contribution is 2.41. The van der Waals surface area contributed by atoms with Gasteiger partial charge in [0.05, 0.1) is 11.4 Å². The molecule has 13 aromatic rings. The van der Waals surface area contributed by atoms with E-state index in [-0.39, 0.29) is 0 Å². The molecule has 4 heterocycles. The third-order valence-electron chi connectivity index (χ3n) is 15.6. The van der Waals surface area contributed by atoms with Crippen molar-refractivity contribution >= 4 is 132 Å². The van der Waals surface area contributed by atoms with Crippen molar-refractivity contribution in [2.75, 3.05) is 0 Å². The molecule has 8 bridgehead atoms. The van der Waals surface area contributed by atoms with Crippen LogP contribution < -0.4 is 21.4 Å². The van der Waals surface area contributed by atoms with E-state index >= 15 is 0 Å². The van der Waals surface area contributed by atoms with Crippen LogP contribution in [0.1, 0.15) is 28.7 Å². The van der Waals surface area contributed by atoms with Crippen molar-refractivity contribution in [1.29, 1.82) is 0 Å². The second-order valence-corrected chi connectivity index (χ2v) is 19.2. The lowest BCUT2D eigenvalue weighted by molar-refractivity contribution is 1.15. The third kappa shape index (κ3) is 4.98. The Balaban J connectivity index is 1.13. The summed E-state index contributed by atoms with van der Waals surface area (Å²) >= 11 is 0. The molecule has 4 aliphatic rings. The minimum Gasteiger partial charge on any atom is -0.324 e. The van der Waals surface area contributed by atoms with Crippen molar-refractivity contribution in [3.63, 3.8) is 0 Å². The quantitative estimate of drug-likeness (QED) is 0.147. The van der Waals surface area contributed by atoms with E-state index in [1.165, 1.54) is 10.8 Å². The molecule has 0 fully saturated rings. The van der Waals surface area contributed by atoms with Crippen LogP contribution in [0, 0.1) is 0 Å². The summed E-state index contributed by atoms with van der Waals surface area (Å²) in [6.07, 6.45) is 0.464. The van der Waals surface area contributed by atoms with Gasteiger partial charge in [-0.3, -0.25) is 0 Å². The highest BCUT2D eigenvalue weighted by Gasteiger charge is 2.32. The lowest BCUT2D eigenvalue weighted by atomic mass is 9.92. The van der Waals surface area contributed by atoms with Crippen molar-refractivity contribution in [2.45, 2.75) is 6.42 Å². The van der Waals surface area contributed by atoms with Crippen LogP contribution in [-0.2, 0) is 0 Å². The first-order valence-corrected chi connectivity index (χ1v) is 24.5. The van der Waals surface area contributed by atoms with Gasteiger partial charge in [-0.1, -0.05) is 194 Å². The van der Waals surface area contributed by atoms with E-state index in [9.17, 15) is 0 Å². The van der Waals surface area contributed by atoms with Gasteiger partial charge < -0.3 is 4.98 Å². The van der Waals surface area contributed by atoms with E-state index in [1.807, 2.05) is 0 Å². The Kier molecular flexibility index (Phi) is 7.40. The molecular formula is C65H35N7. The molecule has 7 nitrogen and oxygen atoms in total. The lowest BCUT2D eigenvalue weighted by Gasteiger charge is -2.12. The largest absolute Gasteiger partial charge is 0.324 e. The number of rotatable bonds is 0. The normalized spacial score (nSPS) is 14.8. The van der Waals surface area contributed by atoms with E-state index in [0.717, 1.165) is 130 Å².